The molecule has 0 aromatic heterocycles. The van der Waals surface area contributed by atoms with Crippen LogP contribution >= 0.6 is 11.6 Å². The predicted molar refractivity (Wildman–Crippen MR) is 68.2 cm³/mol. The molecule has 0 saturated carbocycles. The van der Waals surface area contributed by atoms with Gasteiger partial charge in [0.05, 0.1) is 0 Å². The highest BCUT2D eigenvalue weighted by atomic mass is 32.2. The number of benzene rings is 1. The molecule has 0 amide bonds. The van der Waals surface area contributed by atoms with Crippen molar-refractivity contribution >= 4 is 17.6 Å². The molecular weight excluding hydrogens is 187 g/mol. The topological polar surface area (TPSA) is 0 Å². The summed E-state index contributed by atoms with van der Waals surface area (Å²) in [6.45, 7) is 4.54. The zero-order chi connectivity index (χ0) is 10.2. The van der Waals surface area contributed by atoms with E-state index in [-0.39, 0.29) is 0 Å². The molecule has 0 aliphatic carbocycles. The summed E-state index contributed by atoms with van der Waals surface area (Å²) in [5.41, 5.74) is 0. The monoisotopic (exact) mass is 206 g/mol. The molecule has 0 fully saturated rings. The van der Waals surface area contributed by atoms with Gasteiger partial charge in [0.2, 0.25) is 5.99 Å². The molecule has 2 heteroatoms. The fourth-order valence-electron chi connectivity index (χ4n) is 1.60. The van der Waals surface area contributed by atoms with E-state index < -0.39 is 0 Å². The van der Waals surface area contributed by atoms with Crippen LogP contribution in [0.25, 0.3) is 0 Å². The Morgan fingerprint density at radius 1 is 1.00 bits per heavy atom. The van der Waals surface area contributed by atoms with E-state index in [0.717, 1.165) is 5.99 Å². The van der Waals surface area contributed by atoms with Crippen LogP contribution in [0, 0.1) is 0 Å². The largest absolute Gasteiger partial charge is 0.215 e. The molecule has 0 aliphatic rings. The van der Waals surface area contributed by atoms with E-state index in [4.69, 9.17) is 0 Å². The summed E-state index contributed by atoms with van der Waals surface area (Å²) in [4.78, 5) is 1.42. The van der Waals surface area contributed by atoms with Gasteiger partial charge in [0.15, 0.2) is 0 Å². The maximum atomic E-state index is 2.27. The Kier molecular flexibility index (Phi) is 5.85. The Morgan fingerprint density at radius 3 is 2.07 bits per heavy atom. The van der Waals surface area contributed by atoms with Gasteiger partial charge in [0, 0.05) is 0 Å². The molecule has 0 saturated heterocycles. The molecule has 14 heavy (non-hydrogen) atoms. The van der Waals surface area contributed by atoms with E-state index in [1.165, 1.54) is 30.4 Å². The lowest BCUT2D eigenvalue weighted by Crippen LogP contribution is -2.05. The second-order valence-corrected chi connectivity index (χ2v) is 5.00. The Balaban J connectivity index is 2.46. The van der Waals surface area contributed by atoms with Crippen LogP contribution in [0.5, 0.6) is 0 Å². The van der Waals surface area contributed by atoms with Crippen LogP contribution in [0.3, 0.4) is 0 Å². The molecule has 0 heterocycles. The van der Waals surface area contributed by atoms with E-state index in [0.29, 0.717) is 0 Å². The molecular formula is C12H19BS. The van der Waals surface area contributed by atoms with Gasteiger partial charge < -0.3 is 0 Å². The number of hydrogen-bond donors (Lipinski definition) is 0. The van der Waals surface area contributed by atoms with Crippen molar-refractivity contribution in [3.05, 3.63) is 30.3 Å². The van der Waals surface area contributed by atoms with Crippen molar-refractivity contribution in [2.75, 3.05) is 0 Å². The first kappa shape index (κ1) is 11.7. The minimum atomic E-state index is 0.812. The van der Waals surface area contributed by atoms with Gasteiger partial charge in [-0.05, 0) is 17.0 Å². The third kappa shape index (κ3) is 4.23. The lowest BCUT2D eigenvalue weighted by molar-refractivity contribution is 1.02. The zero-order valence-corrected chi connectivity index (χ0v) is 10.0. The van der Waals surface area contributed by atoms with Crippen LogP contribution in [-0.4, -0.2) is 5.99 Å². The number of rotatable bonds is 6. The summed E-state index contributed by atoms with van der Waals surface area (Å²) in [6, 6.07) is 10.7. The molecule has 0 atom stereocenters. The van der Waals surface area contributed by atoms with Crippen molar-refractivity contribution in [3.8, 4) is 0 Å². The van der Waals surface area contributed by atoms with Gasteiger partial charge in [-0.15, -0.1) is 0 Å². The predicted octanol–water partition coefficient (Wildman–Crippen LogP) is 4.59. The van der Waals surface area contributed by atoms with Crippen molar-refractivity contribution in [2.24, 2.45) is 0 Å². The average Bonchev–Trinajstić information content (AvgIpc) is 2.20. The molecule has 1 rings (SSSR count). The lowest BCUT2D eigenvalue weighted by Gasteiger charge is -2.10. The first-order chi connectivity index (χ1) is 6.86. The minimum absolute atomic E-state index is 0.812. The molecule has 1 aromatic carbocycles. The third-order valence-corrected chi connectivity index (χ3v) is 3.62. The summed E-state index contributed by atoms with van der Waals surface area (Å²) in [6.07, 6.45) is 5.27. The van der Waals surface area contributed by atoms with E-state index in [1.807, 2.05) is 11.6 Å². The highest BCUT2D eigenvalue weighted by Crippen LogP contribution is 2.26. The van der Waals surface area contributed by atoms with Crippen molar-refractivity contribution in [2.45, 2.75) is 44.2 Å². The third-order valence-electron chi connectivity index (χ3n) is 2.27. The maximum Gasteiger partial charge on any atom is 0.215 e. The van der Waals surface area contributed by atoms with Gasteiger partial charge in [-0.2, -0.15) is 11.6 Å². The van der Waals surface area contributed by atoms with Gasteiger partial charge >= 0.3 is 0 Å². The Hall–Kier alpha value is -0.365. The second kappa shape index (κ2) is 7.00. The molecule has 0 nitrogen and oxygen atoms in total. The molecule has 0 radical (unpaired) electrons. The SMILES string of the molecule is CCCB(CCC)Sc1ccccc1. The van der Waals surface area contributed by atoms with Crippen molar-refractivity contribution in [1.29, 1.82) is 0 Å². The van der Waals surface area contributed by atoms with Crippen LogP contribution in [-0.2, 0) is 0 Å². The van der Waals surface area contributed by atoms with Gasteiger partial charge in [-0.3, -0.25) is 0 Å². The van der Waals surface area contributed by atoms with Crippen LogP contribution < -0.4 is 0 Å². The van der Waals surface area contributed by atoms with E-state index >= 15 is 0 Å². The summed E-state index contributed by atoms with van der Waals surface area (Å²) < 4.78 is 0. The Morgan fingerprint density at radius 2 is 1.57 bits per heavy atom. The van der Waals surface area contributed by atoms with E-state index in [1.54, 1.807) is 0 Å². The van der Waals surface area contributed by atoms with Crippen molar-refractivity contribution < 1.29 is 0 Å². The van der Waals surface area contributed by atoms with Crippen LogP contribution in [0.4, 0.5) is 0 Å². The van der Waals surface area contributed by atoms with Gasteiger partial charge in [-0.25, -0.2) is 0 Å². The summed E-state index contributed by atoms with van der Waals surface area (Å²) >= 11 is 2.04. The van der Waals surface area contributed by atoms with Crippen molar-refractivity contribution in [3.63, 3.8) is 0 Å². The molecule has 0 unspecified atom stereocenters. The number of hydrogen-bond acceptors (Lipinski definition) is 1. The summed E-state index contributed by atoms with van der Waals surface area (Å²) in [5, 5.41) is 0. The summed E-state index contributed by atoms with van der Waals surface area (Å²) in [7, 11) is 0. The van der Waals surface area contributed by atoms with Gasteiger partial charge in [-0.1, -0.05) is 57.5 Å². The smallest absolute Gasteiger partial charge is 0.176 e. The van der Waals surface area contributed by atoms with Crippen molar-refractivity contribution in [1.82, 2.24) is 0 Å². The first-order valence-electron chi connectivity index (χ1n) is 5.58. The van der Waals surface area contributed by atoms with Gasteiger partial charge in [0.25, 0.3) is 0 Å². The standard InChI is InChI=1S/C12H19BS/c1-3-10-13(11-4-2)14-12-8-6-5-7-9-12/h5-9H,3-4,10-11H2,1-2H3. The molecule has 0 aliphatic heterocycles. The molecule has 1 aromatic rings. The Labute approximate surface area is 92.5 Å². The van der Waals surface area contributed by atoms with E-state index in [9.17, 15) is 0 Å². The lowest BCUT2D eigenvalue weighted by atomic mass is 9.67. The fourth-order valence-corrected chi connectivity index (χ4v) is 3.00. The quantitative estimate of drug-likeness (QED) is 0.613. The van der Waals surface area contributed by atoms with Crippen LogP contribution in [0.2, 0.25) is 12.6 Å². The molecule has 0 spiro atoms. The molecule has 76 valence electrons. The molecule has 0 bridgehead atoms. The highest BCUT2D eigenvalue weighted by molar-refractivity contribution is 8.25. The normalized spacial score (nSPS) is 10.1. The van der Waals surface area contributed by atoms with E-state index in [2.05, 4.69) is 44.2 Å². The zero-order valence-electron chi connectivity index (χ0n) is 9.20. The fraction of sp³-hybridized carbons (Fsp3) is 0.500. The first-order valence-corrected chi connectivity index (χ1v) is 6.46. The minimum Gasteiger partial charge on any atom is -0.176 e. The average molecular weight is 206 g/mol. The highest BCUT2D eigenvalue weighted by Gasteiger charge is 2.12. The second-order valence-electron chi connectivity index (χ2n) is 3.63. The summed E-state index contributed by atoms with van der Waals surface area (Å²) in [5.74, 6) is 0.812. The van der Waals surface area contributed by atoms with Crippen LogP contribution in [0.1, 0.15) is 26.7 Å². The Bertz CT molecular complexity index is 229. The maximum absolute atomic E-state index is 2.27. The van der Waals surface area contributed by atoms with Crippen LogP contribution in [0.15, 0.2) is 35.2 Å². The molecule has 0 N–H and O–H groups in total. The van der Waals surface area contributed by atoms with Gasteiger partial charge in [0.1, 0.15) is 0 Å².